The van der Waals surface area contributed by atoms with Gasteiger partial charge in [-0.2, -0.15) is 0 Å². The third-order valence-corrected chi connectivity index (χ3v) is 3.94. The summed E-state index contributed by atoms with van der Waals surface area (Å²) in [4.78, 5) is 13.6. The summed E-state index contributed by atoms with van der Waals surface area (Å²) in [5, 5.41) is 9.77. The SMILES string of the molecule is NC1(C2CC(=O)N(c3ccccc3O)C2)CC1. The smallest absolute Gasteiger partial charge is 0.227 e. The summed E-state index contributed by atoms with van der Waals surface area (Å²) in [6, 6.07) is 6.95. The molecular formula is C13H16N2O2. The van der Waals surface area contributed by atoms with Crippen LogP contribution in [0.3, 0.4) is 0 Å². The Labute approximate surface area is 100 Å². The Morgan fingerprint density at radius 3 is 2.71 bits per heavy atom. The normalized spacial score (nSPS) is 26.3. The number of nitrogens with two attached hydrogens (primary N) is 1. The summed E-state index contributed by atoms with van der Waals surface area (Å²) >= 11 is 0. The van der Waals surface area contributed by atoms with Gasteiger partial charge in [0.1, 0.15) is 5.75 Å². The van der Waals surface area contributed by atoms with Gasteiger partial charge in [0.05, 0.1) is 5.69 Å². The van der Waals surface area contributed by atoms with Crippen molar-refractivity contribution in [1.82, 2.24) is 0 Å². The third kappa shape index (κ3) is 1.69. The fraction of sp³-hybridized carbons (Fsp3) is 0.462. The number of rotatable bonds is 2. The van der Waals surface area contributed by atoms with Crippen LogP contribution in [0.25, 0.3) is 0 Å². The zero-order chi connectivity index (χ0) is 12.0. The van der Waals surface area contributed by atoms with E-state index in [4.69, 9.17) is 5.73 Å². The van der Waals surface area contributed by atoms with Crippen molar-refractivity contribution in [2.45, 2.75) is 24.8 Å². The lowest BCUT2D eigenvalue weighted by molar-refractivity contribution is -0.117. The van der Waals surface area contributed by atoms with Crippen LogP contribution in [0, 0.1) is 5.92 Å². The summed E-state index contributed by atoms with van der Waals surface area (Å²) in [6.07, 6.45) is 2.53. The molecule has 0 bridgehead atoms. The monoisotopic (exact) mass is 232 g/mol. The second kappa shape index (κ2) is 3.47. The van der Waals surface area contributed by atoms with Crippen LogP contribution in [0.5, 0.6) is 5.75 Å². The van der Waals surface area contributed by atoms with E-state index in [1.165, 1.54) is 0 Å². The van der Waals surface area contributed by atoms with Crippen LogP contribution in [0.1, 0.15) is 19.3 Å². The van der Waals surface area contributed by atoms with Gasteiger partial charge in [0.25, 0.3) is 0 Å². The number of carbonyl (C=O) groups is 1. The highest BCUT2D eigenvalue weighted by Crippen LogP contribution is 2.45. The van der Waals surface area contributed by atoms with E-state index in [1.54, 1.807) is 23.1 Å². The molecular weight excluding hydrogens is 216 g/mol. The van der Waals surface area contributed by atoms with E-state index in [-0.39, 0.29) is 23.1 Å². The van der Waals surface area contributed by atoms with Gasteiger partial charge in [0, 0.05) is 24.4 Å². The van der Waals surface area contributed by atoms with Gasteiger partial charge < -0.3 is 15.7 Å². The number of phenolic OH excluding ortho intramolecular Hbond substituents is 1. The molecule has 0 radical (unpaired) electrons. The van der Waals surface area contributed by atoms with Gasteiger partial charge >= 0.3 is 0 Å². The molecule has 1 unspecified atom stereocenters. The molecule has 1 aliphatic carbocycles. The number of phenols is 1. The maximum atomic E-state index is 12.0. The minimum atomic E-state index is -0.130. The molecule has 1 aromatic carbocycles. The predicted molar refractivity (Wildman–Crippen MR) is 64.7 cm³/mol. The van der Waals surface area contributed by atoms with Crippen LogP contribution in [-0.2, 0) is 4.79 Å². The lowest BCUT2D eigenvalue weighted by Crippen LogP contribution is -2.34. The number of hydrogen-bond acceptors (Lipinski definition) is 3. The van der Waals surface area contributed by atoms with E-state index in [2.05, 4.69) is 0 Å². The molecule has 1 amide bonds. The van der Waals surface area contributed by atoms with E-state index < -0.39 is 0 Å². The van der Waals surface area contributed by atoms with E-state index >= 15 is 0 Å². The molecule has 0 aromatic heterocycles. The van der Waals surface area contributed by atoms with Gasteiger partial charge in [0.2, 0.25) is 5.91 Å². The third-order valence-electron chi connectivity index (χ3n) is 3.94. The van der Waals surface area contributed by atoms with Crippen LogP contribution in [0.4, 0.5) is 5.69 Å². The lowest BCUT2D eigenvalue weighted by Gasteiger charge is -2.20. The number of anilines is 1. The number of nitrogens with zero attached hydrogens (tertiary/aromatic N) is 1. The van der Waals surface area contributed by atoms with Crippen molar-refractivity contribution in [3.63, 3.8) is 0 Å². The molecule has 1 aromatic rings. The number of aromatic hydroxyl groups is 1. The van der Waals surface area contributed by atoms with E-state index in [0.717, 1.165) is 12.8 Å². The quantitative estimate of drug-likeness (QED) is 0.806. The Hall–Kier alpha value is -1.55. The molecule has 4 nitrogen and oxygen atoms in total. The summed E-state index contributed by atoms with van der Waals surface area (Å²) in [6.45, 7) is 0.632. The molecule has 1 atom stereocenters. The first-order valence-electron chi connectivity index (χ1n) is 5.97. The van der Waals surface area contributed by atoms with Gasteiger partial charge in [-0.1, -0.05) is 12.1 Å². The van der Waals surface area contributed by atoms with Crippen molar-refractivity contribution in [3.8, 4) is 5.75 Å². The van der Waals surface area contributed by atoms with Crippen LogP contribution in [0.2, 0.25) is 0 Å². The highest BCUT2D eigenvalue weighted by Gasteiger charge is 2.50. The van der Waals surface area contributed by atoms with Crippen LogP contribution >= 0.6 is 0 Å². The maximum absolute atomic E-state index is 12.0. The van der Waals surface area contributed by atoms with Crippen molar-refractivity contribution in [2.75, 3.05) is 11.4 Å². The number of benzene rings is 1. The Balaban J connectivity index is 1.85. The van der Waals surface area contributed by atoms with Crippen molar-refractivity contribution >= 4 is 11.6 Å². The minimum absolute atomic E-state index is 0.0632. The largest absolute Gasteiger partial charge is 0.506 e. The Bertz CT molecular complexity index is 468. The average molecular weight is 232 g/mol. The molecule has 4 heteroatoms. The van der Waals surface area contributed by atoms with Crippen molar-refractivity contribution < 1.29 is 9.90 Å². The molecule has 3 N–H and O–H groups in total. The summed E-state index contributed by atoms with van der Waals surface area (Å²) in [7, 11) is 0. The molecule has 90 valence electrons. The van der Waals surface area contributed by atoms with Gasteiger partial charge in [-0.15, -0.1) is 0 Å². The zero-order valence-electron chi connectivity index (χ0n) is 9.60. The second-order valence-electron chi connectivity index (χ2n) is 5.13. The molecule has 1 heterocycles. The standard InChI is InChI=1S/C13H16N2O2/c14-13(5-6-13)9-7-12(17)15(8-9)10-3-1-2-4-11(10)16/h1-4,9,16H,5-8,14H2. The number of carbonyl (C=O) groups excluding carboxylic acids is 1. The maximum Gasteiger partial charge on any atom is 0.227 e. The summed E-state index contributed by atoms with van der Waals surface area (Å²) in [5.41, 5.74) is 6.62. The molecule has 1 saturated carbocycles. The Morgan fingerprint density at radius 2 is 2.06 bits per heavy atom. The van der Waals surface area contributed by atoms with Crippen LogP contribution in [-0.4, -0.2) is 23.1 Å². The van der Waals surface area contributed by atoms with Crippen LogP contribution < -0.4 is 10.6 Å². The fourth-order valence-electron chi connectivity index (χ4n) is 2.57. The van der Waals surface area contributed by atoms with Crippen molar-refractivity contribution in [3.05, 3.63) is 24.3 Å². The van der Waals surface area contributed by atoms with Crippen molar-refractivity contribution in [2.24, 2.45) is 11.7 Å². The first-order valence-corrected chi connectivity index (χ1v) is 5.97. The van der Waals surface area contributed by atoms with E-state index in [1.807, 2.05) is 6.07 Å². The number of amides is 1. The zero-order valence-corrected chi connectivity index (χ0v) is 9.60. The topological polar surface area (TPSA) is 66.6 Å². The van der Waals surface area contributed by atoms with E-state index in [9.17, 15) is 9.90 Å². The van der Waals surface area contributed by atoms with E-state index in [0.29, 0.717) is 18.7 Å². The van der Waals surface area contributed by atoms with Gasteiger partial charge in [-0.05, 0) is 25.0 Å². The molecule has 0 spiro atoms. The molecule has 2 aliphatic rings. The molecule has 3 rings (SSSR count). The second-order valence-corrected chi connectivity index (χ2v) is 5.13. The molecule has 17 heavy (non-hydrogen) atoms. The van der Waals surface area contributed by atoms with Gasteiger partial charge in [0.15, 0.2) is 0 Å². The molecule has 2 fully saturated rings. The fourth-order valence-corrected chi connectivity index (χ4v) is 2.57. The predicted octanol–water partition coefficient (Wildman–Crippen LogP) is 1.24. The van der Waals surface area contributed by atoms with Crippen molar-refractivity contribution in [1.29, 1.82) is 0 Å². The first kappa shape index (κ1) is 10.6. The lowest BCUT2D eigenvalue weighted by atomic mass is 9.97. The number of hydrogen-bond donors (Lipinski definition) is 2. The Morgan fingerprint density at radius 1 is 1.35 bits per heavy atom. The van der Waals surface area contributed by atoms with Crippen LogP contribution in [0.15, 0.2) is 24.3 Å². The highest BCUT2D eigenvalue weighted by atomic mass is 16.3. The first-order chi connectivity index (χ1) is 8.10. The minimum Gasteiger partial charge on any atom is -0.506 e. The van der Waals surface area contributed by atoms with Gasteiger partial charge in [-0.3, -0.25) is 4.79 Å². The van der Waals surface area contributed by atoms with Gasteiger partial charge in [-0.25, -0.2) is 0 Å². The summed E-state index contributed by atoms with van der Waals surface area (Å²) < 4.78 is 0. The Kier molecular flexibility index (Phi) is 2.16. The highest BCUT2D eigenvalue weighted by molar-refractivity contribution is 5.97. The molecule has 1 saturated heterocycles. The number of para-hydroxylation sites is 2. The molecule has 1 aliphatic heterocycles. The average Bonchev–Trinajstić information content (AvgIpc) is 2.93. The summed E-state index contributed by atoms with van der Waals surface area (Å²) in [5.74, 6) is 0.450.